The number of rotatable bonds is 5. The summed E-state index contributed by atoms with van der Waals surface area (Å²) in [6, 6.07) is 7.47. The number of nitrogens with zero attached hydrogens (tertiary/aromatic N) is 3. The van der Waals surface area contributed by atoms with E-state index in [1.165, 1.54) is 0 Å². The minimum Gasteiger partial charge on any atom is -0.497 e. The topological polar surface area (TPSA) is 88.6 Å². The van der Waals surface area contributed by atoms with Crippen LogP contribution in [0.5, 0.6) is 5.75 Å². The Hall–Kier alpha value is -3.35. The van der Waals surface area contributed by atoms with Crippen molar-refractivity contribution < 1.29 is 4.74 Å². The second kappa shape index (κ2) is 6.27. The zero-order valence-electron chi connectivity index (χ0n) is 13.7. The van der Waals surface area contributed by atoms with E-state index in [2.05, 4.69) is 19.9 Å². The summed E-state index contributed by atoms with van der Waals surface area (Å²) in [5.41, 5.74) is 2.16. The Morgan fingerprint density at radius 2 is 2.20 bits per heavy atom. The van der Waals surface area contributed by atoms with Crippen molar-refractivity contribution in [3.05, 3.63) is 65.2 Å². The van der Waals surface area contributed by atoms with Gasteiger partial charge >= 0.3 is 0 Å². The highest BCUT2D eigenvalue weighted by Crippen LogP contribution is 2.22. The highest BCUT2D eigenvalue weighted by Gasteiger charge is 2.12. The third-order valence-corrected chi connectivity index (χ3v) is 4.19. The molecule has 7 heteroatoms. The summed E-state index contributed by atoms with van der Waals surface area (Å²) in [7, 11) is 1.60. The number of aromatic nitrogens is 5. The quantitative estimate of drug-likeness (QED) is 0.586. The van der Waals surface area contributed by atoms with E-state index < -0.39 is 0 Å². The summed E-state index contributed by atoms with van der Waals surface area (Å²) >= 11 is 0. The number of imidazole rings is 2. The molecule has 7 nitrogen and oxygen atoms in total. The van der Waals surface area contributed by atoms with Gasteiger partial charge in [-0.15, -0.1) is 0 Å². The van der Waals surface area contributed by atoms with Gasteiger partial charge < -0.3 is 19.3 Å². The van der Waals surface area contributed by atoms with Crippen LogP contribution >= 0.6 is 0 Å². The maximum atomic E-state index is 12.6. The van der Waals surface area contributed by atoms with E-state index in [0.29, 0.717) is 23.7 Å². The van der Waals surface area contributed by atoms with Crippen molar-refractivity contribution >= 4 is 10.9 Å². The number of nitrogens with one attached hydrogen (secondary N) is 2. The molecule has 0 spiro atoms. The molecule has 25 heavy (non-hydrogen) atoms. The first-order valence-electron chi connectivity index (χ1n) is 7.94. The van der Waals surface area contributed by atoms with Gasteiger partial charge in [-0.3, -0.25) is 4.79 Å². The molecule has 4 rings (SSSR count). The molecule has 3 heterocycles. The number of H-pyrrole nitrogens is 2. The van der Waals surface area contributed by atoms with E-state index in [4.69, 9.17) is 4.74 Å². The van der Waals surface area contributed by atoms with Gasteiger partial charge in [0.05, 0.1) is 24.5 Å². The first-order valence-corrected chi connectivity index (χ1v) is 7.94. The number of hydrogen-bond acceptors (Lipinski definition) is 4. The molecular formula is C18H17N5O2. The number of benzene rings is 1. The Balaban J connectivity index is 1.71. The Kier molecular flexibility index (Phi) is 3.81. The van der Waals surface area contributed by atoms with Crippen LogP contribution in [0, 0.1) is 0 Å². The molecule has 0 amide bonds. The molecule has 0 aliphatic rings. The summed E-state index contributed by atoms with van der Waals surface area (Å²) in [5, 5.41) is 0.929. The molecule has 0 bridgehead atoms. The monoisotopic (exact) mass is 335 g/mol. The van der Waals surface area contributed by atoms with E-state index in [1.54, 1.807) is 25.8 Å². The summed E-state index contributed by atoms with van der Waals surface area (Å²) in [4.78, 5) is 26.9. The predicted octanol–water partition coefficient (Wildman–Crippen LogP) is 2.37. The van der Waals surface area contributed by atoms with Crippen molar-refractivity contribution in [1.82, 2.24) is 24.5 Å². The maximum absolute atomic E-state index is 12.6. The number of pyridine rings is 1. The Morgan fingerprint density at radius 3 is 3.00 bits per heavy atom. The molecule has 0 aliphatic heterocycles. The van der Waals surface area contributed by atoms with Gasteiger partial charge in [-0.05, 0) is 23.6 Å². The smallest absolute Gasteiger partial charge is 0.259 e. The summed E-state index contributed by atoms with van der Waals surface area (Å²) in [6.45, 7) is 0.706. The number of ether oxygens (including phenoxy) is 1. The first kappa shape index (κ1) is 15.2. The molecule has 0 saturated heterocycles. The van der Waals surface area contributed by atoms with Gasteiger partial charge in [0.2, 0.25) is 0 Å². The maximum Gasteiger partial charge on any atom is 0.259 e. The first-order chi connectivity index (χ1) is 12.2. The number of aryl methyl sites for hydroxylation is 2. The largest absolute Gasteiger partial charge is 0.497 e. The Labute approximate surface area is 143 Å². The van der Waals surface area contributed by atoms with Crippen molar-refractivity contribution in [2.24, 2.45) is 0 Å². The van der Waals surface area contributed by atoms with Crippen LogP contribution in [-0.2, 0) is 13.0 Å². The van der Waals surface area contributed by atoms with Crippen molar-refractivity contribution in [2.45, 2.75) is 13.0 Å². The van der Waals surface area contributed by atoms with Gasteiger partial charge in [-0.25, -0.2) is 9.97 Å². The third-order valence-electron chi connectivity index (χ3n) is 4.19. The second-order valence-electron chi connectivity index (χ2n) is 5.74. The van der Waals surface area contributed by atoms with E-state index in [9.17, 15) is 4.79 Å². The van der Waals surface area contributed by atoms with E-state index in [-0.39, 0.29) is 5.56 Å². The number of aromatic amines is 2. The van der Waals surface area contributed by atoms with Crippen LogP contribution in [0.1, 0.15) is 5.69 Å². The fourth-order valence-corrected chi connectivity index (χ4v) is 2.87. The molecule has 3 aromatic heterocycles. The lowest BCUT2D eigenvalue weighted by atomic mass is 10.1. The molecule has 0 saturated carbocycles. The van der Waals surface area contributed by atoms with E-state index in [1.807, 2.05) is 35.0 Å². The van der Waals surface area contributed by atoms with Gasteiger partial charge in [0.15, 0.2) is 0 Å². The highest BCUT2D eigenvalue weighted by atomic mass is 16.5. The van der Waals surface area contributed by atoms with Gasteiger partial charge in [0.1, 0.15) is 11.6 Å². The minimum atomic E-state index is -0.172. The molecule has 2 N–H and O–H groups in total. The summed E-state index contributed by atoms with van der Waals surface area (Å²) in [6.07, 6.45) is 7.83. The second-order valence-corrected chi connectivity index (χ2v) is 5.74. The van der Waals surface area contributed by atoms with E-state index in [0.717, 1.165) is 23.0 Å². The third kappa shape index (κ3) is 2.91. The molecule has 1 aromatic carbocycles. The molecule has 0 atom stereocenters. The highest BCUT2D eigenvalue weighted by molar-refractivity contribution is 5.83. The van der Waals surface area contributed by atoms with Gasteiger partial charge in [0, 0.05) is 43.3 Å². The number of methoxy groups -OCH3 is 1. The van der Waals surface area contributed by atoms with Crippen molar-refractivity contribution in [3.8, 4) is 17.1 Å². The minimum absolute atomic E-state index is 0.172. The van der Waals surface area contributed by atoms with Crippen molar-refractivity contribution in [1.29, 1.82) is 0 Å². The average Bonchev–Trinajstić information content (AvgIpc) is 3.30. The van der Waals surface area contributed by atoms with Crippen LogP contribution in [0.2, 0.25) is 0 Å². The fraction of sp³-hybridized carbons (Fsp3) is 0.167. The van der Waals surface area contributed by atoms with Crippen LogP contribution in [0.15, 0.2) is 54.0 Å². The van der Waals surface area contributed by atoms with Crippen LogP contribution in [0.4, 0.5) is 0 Å². The van der Waals surface area contributed by atoms with Crippen LogP contribution in [0.25, 0.3) is 22.3 Å². The van der Waals surface area contributed by atoms with Crippen LogP contribution in [-0.4, -0.2) is 31.6 Å². The summed E-state index contributed by atoms with van der Waals surface area (Å²) < 4.78 is 7.18. The standard InChI is InChI=1S/C18H17N5O2/c1-25-14-3-2-12-8-15(18(24)22-16(12)9-14)17-20-5-7-23(17)6-4-13-10-19-11-21-13/h2-3,5,7-11H,4,6H2,1H3,(H,19,21)(H,22,24). The zero-order valence-corrected chi connectivity index (χ0v) is 13.7. The normalized spacial score (nSPS) is 11.1. The molecule has 0 aliphatic carbocycles. The lowest BCUT2D eigenvalue weighted by Gasteiger charge is -2.08. The predicted molar refractivity (Wildman–Crippen MR) is 94.6 cm³/mol. The molecule has 0 radical (unpaired) electrons. The SMILES string of the molecule is COc1ccc2cc(-c3nccn3CCc3cnc[nH]3)c(=O)[nH]c2c1. The number of hydrogen-bond donors (Lipinski definition) is 2. The van der Waals surface area contributed by atoms with Gasteiger partial charge in [-0.2, -0.15) is 0 Å². The molecule has 0 unspecified atom stereocenters. The molecule has 4 aromatic rings. The van der Waals surface area contributed by atoms with E-state index >= 15 is 0 Å². The lowest BCUT2D eigenvalue weighted by molar-refractivity contribution is 0.415. The lowest BCUT2D eigenvalue weighted by Crippen LogP contribution is -2.13. The Bertz CT molecular complexity index is 1060. The van der Waals surface area contributed by atoms with Crippen LogP contribution < -0.4 is 10.3 Å². The molecular weight excluding hydrogens is 318 g/mol. The fourth-order valence-electron chi connectivity index (χ4n) is 2.87. The van der Waals surface area contributed by atoms with Gasteiger partial charge in [0.25, 0.3) is 5.56 Å². The average molecular weight is 335 g/mol. The number of fused-ring (bicyclic) bond motifs is 1. The summed E-state index contributed by atoms with van der Waals surface area (Å²) in [5.74, 6) is 1.36. The van der Waals surface area contributed by atoms with Crippen molar-refractivity contribution in [3.63, 3.8) is 0 Å². The molecule has 0 fully saturated rings. The van der Waals surface area contributed by atoms with Gasteiger partial charge in [-0.1, -0.05) is 0 Å². The molecule has 126 valence electrons. The Morgan fingerprint density at radius 1 is 1.28 bits per heavy atom. The van der Waals surface area contributed by atoms with Crippen molar-refractivity contribution in [2.75, 3.05) is 7.11 Å². The van der Waals surface area contributed by atoms with Crippen LogP contribution in [0.3, 0.4) is 0 Å². The zero-order chi connectivity index (χ0) is 17.2.